The predicted molar refractivity (Wildman–Crippen MR) is 93.9 cm³/mol. The number of aromatic hydroxyl groups is 1. The zero-order chi connectivity index (χ0) is 20.0. The van der Waals surface area contributed by atoms with Gasteiger partial charge < -0.3 is 10.4 Å². The third-order valence-corrected chi connectivity index (χ3v) is 3.50. The van der Waals surface area contributed by atoms with Crippen LogP contribution in [0.4, 0.5) is 5.69 Å². The quantitative estimate of drug-likeness (QED) is 0.450. The summed E-state index contributed by atoms with van der Waals surface area (Å²) < 4.78 is 0. The van der Waals surface area contributed by atoms with E-state index >= 15 is 0 Å². The predicted octanol–water partition coefficient (Wildman–Crippen LogP) is 0.800. The molecule has 0 bridgehead atoms. The SMILES string of the molecule is Cc1ccc(C(=O)NCC(=O)NNC(=O)c2cccc(O)c2)cc1[N+](=O)[O-]. The Balaban J connectivity index is 1.86. The maximum Gasteiger partial charge on any atom is 0.273 e. The van der Waals surface area contributed by atoms with Crippen molar-refractivity contribution in [3.8, 4) is 5.75 Å². The fraction of sp³-hybridized carbons (Fsp3) is 0.118. The first-order chi connectivity index (χ1) is 12.8. The molecule has 0 aromatic heterocycles. The normalized spacial score (nSPS) is 9.96. The molecule has 0 aliphatic carbocycles. The first-order valence-electron chi connectivity index (χ1n) is 7.69. The highest BCUT2D eigenvalue weighted by molar-refractivity contribution is 5.98. The number of hydrogen-bond donors (Lipinski definition) is 4. The van der Waals surface area contributed by atoms with Crippen molar-refractivity contribution in [2.45, 2.75) is 6.92 Å². The van der Waals surface area contributed by atoms with Crippen molar-refractivity contribution in [1.29, 1.82) is 0 Å². The van der Waals surface area contributed by atoms with Crippen LogP contribution in [-0.4, -0.2) is 34.3 Å². The van der Waals surface area contributed by atoms with Crippen molar-refractivity contribution >= 4 is 23.4 Å². The highest BCUT2D eigenvalue weighted by atomic mass is 16.6. The molecule has 140 valence electrons. The standard InChI is InChI=1S/C17H16N4O6/c1-10-5-6-12(8-14(10)21(26)27)16(24)18-9-15(23)19-20-17(25)11-3-2-4-13(22)7-11/h2-8,22H,9H2,1H3,(H,18,24)(H,19,23)(H,20,25). The monoisotopic (exact) mass is 372 g/mol. The van der Waals surface area contributed by atoms with Crippen molar-refractivity contribution < 1.29 is 24.4 Å². The Morgan fingerprint density at radius 1 is 1.04 bits per heavy atom. The second-order valence-electron chi connectivity index (χ2n) is 5.49. The Labute approximate surface area is 153 Å². The zero-order valence-electron chi connectivity index (χ0n) is 14.2. The fourth-order valence-electron chi connectivity index (χ4n) is 2.10. The van der Waals surface area contributed by atoms with Crippen LogP contribution in [0, 0.1) is 17.0 Å². The van der Waals surface area contributed by atoms with Gasteiger partial charge in [-0.05, 0) is 31.2 Å². The number of phenols is 1. The molecular weight excluding hydrogens is 356 g/mol. The first-order valence-corrected chi connectivity index (χ1v) is 7.69. The summed E-state index contributed by atoms with van der Waals surface area (Å²) in [4.78, 5) is 45.8. The van der Waals surface area contributed by atoms with Gasteiger partial charge in [0.25, 0.3) is 23.4 Å². The number of hydrogen-bond acceptors (Lipinski definition) is 6. The number of hydrazine groups is 1. The number of nitrogens with one attached hydrogen (secondary N) is 3. The van der Waals surface area contributed by atoms with Gasteiger partial charge in [0.05, 0.1) is 11.5 Å². The lowest BCUT2D eigenvalue weighted by atomic mass is 10.1. The third-order valence-electron chi connectivity index (χ3n) is 3.50. The number of carbonyl (C=O) groups excluding carboxylic acids is 3. The number of aryl methyl sites for hydroxylation is 1. The van der Waals surface area contributed by atoms with Crippen LogP contribution in [-0.2, 0) is 4.79 Å². The molecule has 0 saturated carbocycles. The molecule has 10 heteroatoms. The number of amides is 3. The Bertz CT molecular complexity index is 912. The molecule has 0 aliphatic rings. The van der Waals surface area contributed by atoms with Gasteiger partial charge >= 0.3 is 0 Å². The second kappa shape index (κ2) is 8.43. The highest BCUT2D eigenvalue weighted by Crippen LogP contribution is 2.19. The molecule has 27 heavy (non-hydrogen) atoms. The molecule has 0 aliphatic heterocycles. The van der Waals surface area contributed by atoms with Crippen LogP contribution in [0.2, 0.25) is 0 Å². The summed E-state index contributed by atoms with van der Waals surface area (Å²) in [5.41, 5.74) is 4.60. The van der Waals surface area contributed by atoms with E-state index in [0.29, 0.717) is 5.56 Å². The third kappa shape index (κ3) is 5.26. The summed E-state index contributed by atoms with van der Waals surface area (Å²) >= 11 is 0. The fourth-order valence-corrected chi connectivity index (χ4v) is 2.10. The van der Waals surface area contributed by atoms with Crippen molar-refractivity contribution in [3.05, 3.63) is 69.3 Å². The van der Waals surface area contributed by atoms with E-state index in [1.54, 1.807) is 6.92 Å². The van der Waals surface area contributed by atoms with Gasteiger partial charge in [-0.2, -0.15) is 0 Å². The minimum absolute atomic E-state index is 0.0314. The van der Waals surface area contributed by atoms with E-state index in [-0.39, 0.29) is 22.6 Å². The van der Waals surface area contributed by atoms with Gasteiger partial charge in [0, 0.05) is 22.8 Å². The molecule has 0 saturated heterocycles. The van der Waals surface area contributed by atoms with Crippen LogP contribution in [0.25, 0.3) is 0 Å². The summed E-state index contributed by atoms with van der Waals surface area (Å²) in [5, 5.41) is 22.5. The van der Waals surface area contributed by atoms with Gasteiger partial charge in [-0.1, -0.05) is 12.1 Å². The first kappa shape index (κ1) is 19.4. The second-order valence-corrected chi connectivity index (χ2v) is 5.49. The Kier molecular flexibility index (Phi) is 6.05. The molecule has 3 amide bonds. The largest absolute Gasteiger partial charge is 0.508 e. The van der Waals surface area contributed by atoms with Gasteiger partial charge in [0.2, 0.25) is 0 Å². The summed E-state index contributed by atoms with van der Waals surface area (Å²) in [6, 6.07) is 9.46. The topological polar surface area (TPSA) is 151 Å². The average Bonchev–Trinajstić information content (AvgIpc) is 2.64. The number of nitro benzene ring substituents is 1. The van der Waals surface area contributed by atoms with E-state index in [1.807, 2.05) is 0 Å². The van der Waals surface area contributed by atoms with Crippen molar-refractivity contribution in [1.82, 2.24) is 16.2 Å². The maximum atomic E-state index is 12.0. The minimum atomic E-state index is -0.710. The van der Waals surface area contributed by atoms with E-state index in [0.717, 1.165) is 6.07 Å². The van der Waals surface area contributed by atoms with Gasteiger partial charge in [-0.25, -0.2) is 0 Å². The van der Waals surface area contributed by atoms with Crippen LogP contribution < -0.4 is 16.2 Å². The summed E-state index contributed by atoms with van der Waals surface area (Å²) in [6.45, 7) is 1.09. The molecule has 0 radical (unpaired) electrons. The highest BCUT2D eigenvalue weighted by Gasteiger charge is 2.15. The Morgan fingerprint density at radius 3 is 2.41 bits per heavy atom. The lowest BCUT2D eigenvalue weighted by Gasteiger charge is -2.09. The summed E-state index contributed by atoms with van der Waals surface area (Å²) in [6.07, 6.45) is 0. The maximum absolute atomic E-state index is 12.0. The van der Waals surface area contributed by atoms with E-state index in [2.05, 4.69) is 16.2 Å². The van der Waals surface area contributed by atoms with E-state index in [1.165, 1.54) is 36.4 Å². The minimum Gasteiger partial charge on any atom is -0.508 e. The number of nitro groups is 1. The number of rotatable bonds is 5. The van der Waals surface area contributed by atoms with Crippen LogP contribution in [0.5, 0.6) is 5.75 Å². The molecule has 0 atom stereocenters. The molecule has 0 fully saturated rings. The van der Waals surface area contributed by atoms with Crippen molar-refractivity contribution in [2.24, 2.45) is 0 Å². The van der Waals surface area contributed by atoms with Gasteiger partial charge in [-0.3, -0.25) is 35.3 Å². The van der Waals surface area contributed by atoms with Gasteiger partial charge in [-0.15, -0.1) is 0 Å². The molecule has 2 rings (SSSR count). The van der Waals surface area contributed by atoms with Crippen LogP contribution in [0.15, 0.2) is 42.5 Å². The molecule has 2 aromatic carbocycles. The van der Waals surface area contributed by atoms with E-state index in [4.69, 9.17) is 0 Å². The van der Waals surface area contributed by atoms with Crippen LogP contribution in [0.3, 0.4) is 0 Å². The number of benzene rings is 2. The summed E-state index contributed by atoms with van der Waals surface area (Å²) in [5.74, 6) is -2.14. The lowest BCUT2D eigenvalue weighted by molar-refractivity contribution is -0.385. The number of nitrogens with zero attached hydrogens (tertiary/aromatic N) is 1. The molecule has 4 N–H and O–H groups in total. The molecule has 0 heterocycles. The summed E-state index contributed by atoms with van der Waals surface area (Å²) in [7, 11) is 0. The zero-order valence-corrected chi connectivity index (χ0v) is 14.2. The lowest BCUT2D eigenvalue weighted by Crippen LogP contribution is -2.46. The van der Waals surface area contributed by atoms with Crippen molar-refractivity contribution in [2.75, 3.05) is 6.54 Å². The Hall–Kier alpha value is -3.95. The smallest absolute Gasteiger partial charge is 0.273 e. The van der Waals surface area contributed by atoms with Crippen molar-refractivity contribution in [3.63, 3.8) is 0 Å². The van der Waals surface area contributed by atoms with Gasteiger partial charge in [0.1, 0.15) is 5.75 Å². The van der Waals surface area contributed by atoms with E-state index < -0.39 is 29.2 Å². The molecule has 0 unspecified atom stereocenters. The number of phenolic OH excluding ortho intramolecular Hbond substituents is 1. The molecule has 0 spiro atoms. The molecule has 2 aromatic rings. The molecular formula is C17H16N4O6. The number of carbonyl (C=O) groups is 3. The molecule has 10 nitrogen and oxygen atoms in total. The van der Waals surface area contributed by atoms with Gasteiger partial charge in [0.15, 0.2) is 0 Å². The van der Waals surface area contributed by atoms with E-state index in [9.17, 15) is 29.6 Å². The Morgan fingerprint density at radius 2 is 1.74 bits per heavy atom. The van der Waals surface area contributed by atoms with Crippen LogP contribution >= 0.6 is 0 Å². The average molecular weight is 372 g/mol. The van der Waals surface area contributed by atoms with Crippen LogP contribution in [0.1, 0.15) is 26.3 Å².